The molecule has 1 unspecified atom stereocenters. The van der Waals surface area contributed by atoms with Crippen LogP contribution in [0.5, 0.6) is 0 Å². The van der Waals surface area contributed by atoms with E-state index in [1.54, 1.807) is 0 Å². The van der Waals surface area contributed by atoms with E-state index in [-0.39, 0.29) is 11.9 Å². The highest BCUT2D eigenvalue weighted by molar-refractivity contribution is 5.83. The lowest BCUT2D eigenvalue weighted by molar-refractivity contribution is -0.129. The molecule has 1 amide bonds. The molecule has 1 fully saturated rings. The number of nitrogens with zero attached hydrogens (tertiary/aromatic N) is 2. The Hall–Kier alpha value is -0.610. The molecule has 17 heavy (non-hydrogen) atoms. The van der Waals surface area contributed by atoms with E-state index in [1.165, 1.54) is 6.42 Å². The first-order chi connectivity index (χ1) is 8.06. The predicted molar refractivity (Wildman–Crippen MR) is 71.0 cm³/mol. The minimum Gasteiger partial charge on any atom is -0.341 e. The van der Waals surface area contributed by atoms with Crippen molar-refractivity contribution in [3.63, 3.8) is 0 Å². The van der Waals surface area contributed by atoms with Crippen LogP contribution in [0.2, 0.25) is 0 Å². The molecule has 1 aliphatic rings. The molecule has 1 N–H and O–H groups in total. The number of carbonyl (C=O) groups is 1. The molecule has 0 aromatic heterocycles. The summed E-state index contributed by atoms with van der Waals surface area (Å²) in [6.45, 7) is 7.38. The van der Waals surface area contributed by atoms with Crippen molar-refractivity contribution in [2.24, 2.45) is 0 Å². The first kappa shape index (κ1) is 14.5. The van der Waals surface area contributed by atoms with E-state index in [0.717, 1.165) is 32.5 Å². The number of hydrogen-bond acceptors (Lipinski definition) is 3. The topological polar surface area (TPSA) is 35.6 Å². The first-order valence-electron chi connectivity index (χ1n) is 6.72. The van der Waals surface area contributed by atoms with Crippen molar-refractivity contribution in [1.82, 2.24) is 15.1 Å². The summed E-state index contributed by atoms with van der Waals surface area (Å²) in [5, 5.41) is 3.07. The fraction of sp³-hybridized carbons (Fsp3) is 0.923. The number of amides is 1. The third-order valence-corrected chi connectivity index (χ3v) is 3.72. The standard InChI is InChI=1S/C13H27N3O/c1-11(2)15(4)8-5-6-9-16-10-7-12(14-3)13(16)17/h11-12,14H,5-10H2,1-4H3. The molecule has 0 saturated carbocycles. The van der Waals surface area contributed by atoms with E-state index in [2.05, 4.69) is 31.1 Å². The molecular formula is C13H27N3O. The zero-order valence-corrected chi connectivity index (χ0v) is 11.7. The van der Waals surface area contributed by atoms with E-state index in [9.17, 15) is 4.79 Å². The Morgan fingerprint density at radius 3 is 2.71 bits per heavy atom. The van der Waals surface area contributed by atoms with Crippen molar-refractivity contribution in [3.05, 3.63) is 0 Å². The van der Waals surface area contributed by atoms with Crippen LogP contribution in [0.1, 0.15) is 33.1 Å². The zero-order chi connectivity index (χ0) is 12.8. The molecule has 0 aromatic rings. The second kappa shape index (κ2) is 6.97. The molecule has 0 bridgehead atoms. The van der Waals surface area contributed by atoms with Crippen LogP contribution < -0.4 is 5.32 Å². The molecule has 1 aliphatic heterocycles. The summed E-state index contributed by atoms with van der Waals surface area (Å²) in [5.41, 5.74) is 0. The molecule has 0 aromatic carbocycles. The summed E-state index contributed by atoms with van der Waals surface area (Å²) in [7, 11) is 4.02. The van der Waals surface area contributed by atoms with Gasteiger partial charge in [-0.1, -0.05) is 0 Å². The molecule has 0 aliphatic carbocycles. The molecule has 4 nitrogen and oxygen atoms in total. The second-order valence-corrected chi connectivity index (χ2v) is 5.24. The Balaban J connectivity index is 2.14. The minimum atomic E-state index is 0.0633. The smallest absolute Gasteiger partial charge is 0.239 e. The lowest BCUT2D eigenvalue weighted by Crippen LogP contribution is -2.36. The van der Waals surface area contributed by atoms with Gasteiger partial charge in [0, 0.05) is 19.1 Å². The van der Waals surface area contributed by atoms with Crippen LogP contribution in [0.4, 0.5) is 0 Å². The Labute approximate surface area is 105 Å². The normalized spacial score (nSPS) is 20.9. The average molecular weight is 241 g/mol. The number of carbonyl (C=O) groups excluding carboxylic acids is 1. The zero-order valence-electron chi connectivity index (χ0n) is 11.7. The maximum Gasteiger partial charge on any atom is 0.239 e. The van der Waals surface area contributed by atoms with Crippen molar-refractivity contribution in [3.8, 4) is 0 Å². The third kappa shape index (κ3) is 4.28. The Bertz CT molecular complexity index is 243. The van der Waals surface area contributed by atoms with Crippen LogP contribution in [-0.2, 0) is 4.79 Å². The molecule has 1 heterocycles. The van der Waals surface area contributed by atoms with Gasteiger partial charge >= 0.3 is 0 Å². The Morgan fingerprint density at radius 1 is 1.47 bits per heavy atom. The van der Waals surface area contributed by atoms with Crippen molar-refractivity contribution >= 4 is 5.91 Å². The highest BCUT2D eigenvalue weighted by atomic mass is 16.2. The highest BCUT2D eigenvalue weighted by Crippen LogP contribution is 2.11. The largest absolute Gasteiger partial charge is 0.341 e. The fourth-order valence-electron chi connectivity index (χ4n) is 2.15. The number of hydrogen-bond donors (Lipinski definition) is 1. The molecular weight excluding hydrogens is 214 g/mol. The summed E-state index contributed by atoms with van der Waals surface area (Å²) in [6, 6.07) is 0.672. The third-order valence-electron chi connectivity index (χ3n) is 3.72. The van der Waals surface area contributed by atoms with Crippen LogP contribution in [0.15, 0.2) is 0 Å². The van der Waals surface area contributed by atoms with Crippen LogP contribution in [-0.4, -0.2) is 61.5 Å². The predicted octanol–water partition coefficient (Wildman–Crippen LogP) is 0.927. The van der Waals surface area contributed by atoms with Crippen molar-refractivity contribution < 1.29 is 4.79 Å². The molecule has 0 spiro atoms. The summed E-state index contributed by atoms with van der Waals surface area (Å²) in [4.78, 5) is 16.2. The van der Waals surface area contributed by atoms with Gasteiger partial charge in [0.25, 0.3) is 0 Å². The van der Waals surface area contributed by atoms with Crippen molar-refractivity contribution in [2.45, 2.75) is 45.2 Å². The summed E-state index contributed by atoms with van der Waals surface area (Å²) in [6.07, 6.45) is 3.24. The van der Waals surface area contributed by atoms with Gasteiger partial charge in [0.1, 0.15) is 0 Å². The number of likely N-dealkylation sites (N-methyl/N-ethyl adjacent to an activating group) is 1. The monoisotopic (exact) mass is 241 g/mol. The number of likely N-dealkylation sites (tertiary alicyclic amines) is 1. The summed E-state index contributed by atoms with van der Waals surface area (Å²) in [5.74, 6) is 0.282. The fourth-order valence-corrected chi connectivity index (χ4v) is 2.15. The Kier molecular flexibility index (Phi) is 5.92. The van der Waals surface area contributed by atoms with Crippen molar-refractivity contribution in [2.75, 3.05) is 33.7 Å². The van der Waals surface area contributed by atoms with Gasteiger partial charge < -0.3 is 15.1 Å². The van der Waals surface area contributed by atoms with Gasteiger partial charge in [0.05, 0.1) is 6.04 Å². The first-order valence-corrected chi connectivity index (χ1v) is 6.72. The lowest BCUT2D eigenvalue weighted by Gasteiger charge is -2.22. The molecule has 1 atom stereocenters. The number of nitrogens with one attached hydrogen (secondary N) is 1. The highest BCUT2D eigenvalue weighted by Gasteiger charge is 2.29. The summed E-state index contributed by atoms with van der Waals surface area (Å²) >= 11 is 0. The van der Waals surface area contributed by atoms with Gasteiger partial charge in [0.15, 0.2) is 0 Å². The summed E-state index contributed by atoms with van der Waals surface area (Å²) < 4.78 is 0. The minimum absolute atomic E-state index is 0.0633. The van der Waals surface area contributed by atoms with Crippen LogP contribution in [0.3, 0.4) is 0 Å². The van der Waals surface area contributed by atoms with Gasteiger partial charge in [-0.05, 0) is 53.8 Å². The molecule has 100 valence electrons. The molecule has 4 heteroatoms. The van der Waals surface area contributed by atoms with E-state index < -0.39 is 0 Å². The van der Waals surface area contributed by atoms with E-state index in [4.69, 9.17) is 0 Å². The van der Waals surface area contributed by atoms with Gasteiger partial charge in [-0.3, -0.25) is 4.79 Å². The average Bonchev–Trinajstić information content (AvgIpc) is 2.65. The maximum absolute atomic E-state index is 11.8. The van der Waals surface area contributed by atoms with Gasteiger partial charge in [-0.2, -0.15) is 0 Å². The maximum atomic E-state index is 11.8. The lowest BCUT2D eigenvalue weighted by atomic mass is 10.2. The quantitative estimate of drug-likeness (QED) is 0.674. The molecule has 0 radical (unpaired) electrons. The molecule has 1 rings (SSSR count). The second-order valence-electron chi connectivity index (χ2n) is 5.24. The van der Waals surface area contributed by atoms with Crippen molar-refractivity contribution in [1.29, 1.82) is 0 Å². The van der Waals surface area contributed by atoms with E-state index >= 15 is 0 Å². The van der Waals surface area contributed by atoms with Crippen LogP contribution in [0.25, 0.3) is 0 Å². The van der Waals surface area contributed by atoms with Crippen LogP contribution in [0, 0.1) is 0 Å². The van der Waals surface area contributed by atoms with Crippen LogP contribution >= 0.6 is 0 Å². The van der Waals surface area contributed by atoms with E-state index in [0.29, 0.717) is 6.04 Å². The van der Waals surface area contributed by atoms with Gasteiger partial charge in [-0.15, -0.1) is 0 Å². The van der Waals surface area contributed by atoms with Gasteiger partial charge in [-0.25, -0.2) is 0 Å². The SMILES string of the molecule is CNC1CCN(CCCCN(C)C(C)C)C1=O. The Morgan fingerprint density at radius 2 is 2.18 bits per heavy atom. The molecule has 1 saturated heterocycles. The van der Waals surface area contributed by atoms with E-state index in [1.807, 2.05) is 11.9 Å². The van der Waals surface area contributed by atoms with Gasteiger partial charge in [0.2, 0.25) is 5.91 Å². The number of unbranched alkanes of at least 4 members (excludes halogenated alkanes) is 1. The number of rotatable bonds is 7.